The molecular weight excluding hydrogens is 324 g/mol. The number of carboxylic acid groups (broad SMARTS) is 1. The van der Waals surface area contributed by atoms with Gasteiger partial charge in [-0.15, -0.1) is 5.10 Å². The van der Waals surface area contributed by atoms with Crippen LogP contribution in [0.5, 0.6) is 0 Å². The standard InChI is InChI=1S/C16H20N6O3/c1-2-21(9-15(23)24)12-7-11(8-12)18-16(25)13-5-3-4-6-14(13)22-10-17-19-20-22/h3-6,10-12H,2,7-9H2,1H3,(H,18,25)(H,23,24). The second-order valence-corrected chi connectivity index (χ2v) is 6.02. The molecular formula is C16H20N6O3. The highest BCUT2D eigenvalue weighted by Gasteiger charge is 2.35. The van der Waals surface area contributed by atoms with Crippen molar-refractivity contribution in [3.05, 3.63) is 36.2 Å². The fraction of sp³-hybridized carbons (Fsp3) is 0.438. The average molecular weight is 344 g/mol. The summed E-state index contributed by atoms with van der Waals surface area (Å²) in [4.78, 5) is 25.4. The van der Waals surface area contributed by atoms with Gasteiger partial charge in [-0.25, -0.2) is 0 Å². The van der Waals surface area contributed by atoms with E-state index in [-0.39, 0.29) is 24.5 Å². The summed E-state index contributed by atoms with van der Waals surface area (Å²) < 4.78 is 1.45. The molecule has 0 spiro atoms. The first kappa shape index (κ1) is 17.0. The highest BCUT2D eigenvalue weighted by Crippen LogP contribution is 2.26. The molecule has 0 unspecified atom stereocenters. The van der Waals surface area contributed by atoms with E-state index in [4.69, 9.17) is 5.11 Å². The zero-order chi connectivity index (χ0) is 17.8. The number of nitrogens with zero attached hydrogens (tertiary/aromatic N) is 5. The van der Waals surface area contributed by atoms with E-state index in [1.165, 1.54) is 11.0 Å². The number of hydrogen-bond donors (Lipinski definition) is 2. The number of hydrogen-bond acceptors (Lipinski definition) is 6. The van der Waals surface area contributed by atoms with Crippen LogP contribution in [0, 0.1) is 0 Å². The first-order valence-corrected chi connectivity index (χ1v) is 8.17. The number of tetrazole rings is 1. The van der Waals surface area contributed by atoms with E-state index >= 15 is 0 Å². The van der Waals surface area contributed by atoms with Crippen molar-refractivity contribution in [1.82, 2.24) is 30.4 Å². The molecule has 3 rings (SSSR count). The molecule has 0 aliphatic heterocycles. The third-order valence-corrected chi connectivity index (χ3v) is 4.45. The number of benzene rings is 1. The van der Waals surface area contributed by atoms with Gasteiger partial charge in [0.2, 0.25) is 0 Å². The van der Waals surface area contributed by atoms with E-state index in [0.29, 0.717) is 17.8 Å². The minimum atomic E-state index is -0.829. The third-order valence-electron chi connectivity index (χ3n) is 4.45. The summed E-state index contributed by atoms with van der Waals surface area (Å²) in [6.45, 7) is 2.65. The average Bonchev–Trinajstić information content (AvgIpc) is 3.10. The van der Waals surface area contributed by atoms with Gasteiger partial charge >= 0.3 is 5.97 Å². The lowest BCUT2D eigenvalue weighted by molar-refractivity contribution is -0.139. The van der Waals surface area contributed by atoms with Crippen molar-refractivity contribution in [3.8, 4) is 5.69 Å². The summed E-state index contributed by atoms with van der Waals surface area (Å²) in [5, 5.41) is 23.0. The molecule has 1 aliphatic rings. The number of para-hydroxylation sites is 1. The summed E-state index contributed by atoms with van der Waals surface area (Å²) >= 11 is 0. The summed E-state index contributed by atoms with van der Waals surface area (Å²) in [5.74, 6) is -1.01. The number of aromatic nitrogens is 4. The molecule has 1 fully saturated rings. The zero-order valence-electron chi connectivity index (χ0n) is 13.9. The van der Waals surface area contributed by atoms with Crippen LogP contribution in [0.3, 0.4) is 0 Å². The van der Waals surface area contributed by atoms with Gasteiger partial charge in [-0.2, -0.15) is 4.68 Å². The molecule has 0 atom stereocenters. The van der Waals surface area contributed by atoms with E-state index in [1.54, 1.807) is 18.2 Å². The number of amides is 1. The zero-order valence-corrected chi connectivity index (χ0v) is 13.9. The van der Waals surface area contributed by atoms with Gasteiger partial charge in [0.25, 0.3) is 5.91 Å². The molecule has 1 saturated carbocycles. The third kappa shape index (κ3) is 3.82. The van der Waals surface area contributed by atoms with Crippen molar-refractivity contribution >= 4 is 11.9 Å². The van der Waals surface area contributed by atoms with Crippen molar-refractivity contribution in [2.75, 3.05) is 13.1 Å². The molecule has 0 bridgehead atoms. The minimum absolute atomic E-state index is 0.0317. The van der Waals surface area contributed by atoms with Crippen molar-refractivity contribution in [2.45, 2.75) is 31.8 Å². The Hall–Kier alpha value is -2.81. The molecule has 1 heterocycles. The van der Waals surface area contributed by atoms with Gasteiger partial charge in [-0.3, -0.25) is 14.5 Å². The highest BCUT2D eigenvalue weighted by atomic mass is 16.4. The van der Waals surface area contributed by atoms with Gasteiger partial charge in [0, 0.05) is 12.1 Å². The summed E-state index contributed by atoms with van der Waals surface area (Å²) in [6, 6.07) is 7.35. The van der Waals surface area contributed by atoms with Crippen LogP contribution in [0.25, 0.3) is 5.69 Å². The molecule has 0 radical (unpaired) electrons. The van der Waals surface area contributed by atoms with Gasteiger partial charge < -0.3 is 10.4 Å². The molecule has 9 nitrogen and oxygen atoms in total. The predicted octanol–water partition coefficient (Wildman–Crippen LogP) is 0.330. The maximum Gasteiger partial charge on any atom is 0.317 e. The monoisotopic (exact) mass is 344 g/mol. The molecule has 25 heavy (non-hydrogen) atoms. The Morgan fingerprint density at radius 2 is 2.12 bits per heavy atom. The van der Waals surface area contributed by atoms with Gasteiger partial charge in [0.1, 0.15) is 6.33 Å². The number of likely N-dealkylation sites (N-methyl/N-ethyl adjacent to an activating group) is 1. The number of carbonyl (C=O) groups excluding carboxylic acids is 1. The largest absolute Gasteiger partial charge is 0.480 e. The van der Waals surface area contributed by atoms with Crippen LogP contribution in [-0.2, 0) is 4.79 Å². The van der Waals surface area contributed by atoms with Crippen molar-refractivity contribution in [3.63, 3.8) is 0 Å². The van der Waals surface area contributed by atoms with Gasteiger partial charge in [-0.05, 0) is 41.9 Å². The van der Waals surface area contributed by atoms with Crippen LogP contribution in [0.15, 0.2) is 30.6 Å². The molecule has 2 N–H and O–H groups in total. The smallest absolute Gasteiger partial charge is 0.317 e. The predicted molar refractivity (Wildman–Crippen MR) is 88.3 cm³/mol. The Balaban J connectivity index is 1.61. The molecule has 1 aliphatic carbocycles. The molecule has 9 heteroatoms. The van der Waals surface area contributed by atoms with Gasteiger partial charge in [0.15, 0.2) is 0 Å². The Morgan fingerprint density at radius 3 is 2.76 bits per heavy atom. The molecule has 2 aromatic rings. The van der Waals surface area contributed by atoms with Crippen LogP contribution < -0.4 is 5.32 Å². The van der Waals surface area contributed by atoms with E-state index < -0.39 is 5.97 Å². The van der Waals surface area contributed by atoms with E-state index in [9.17, 15) is 9.59 Å². The quantitative estimate of drug-likeness (QED) is 0.744. The highest BCUT2D eigenvalue weighted by molar-refractivity contribution is 5.97. The maximum absolute atomic E-state index is 12.6. The Labute approximate surface area is 144 Å². The molecule has 1 amide bonds. The normalized spacial score (nSPS) is 19.4. The van der Waals surface area contributed by atoms with Crippen LogP contribution in [-0.4, -0.2) is 67.3 Å². The Morgan fingerprint density at radius 1 is 1.36 bits per heavy atom. The number of nitrogens with one attached hydrogen (secondary N) is 1. The van der Waals surface area contributed by atoms with E-state index in [1.807, 2.05) is 17.9 Å². The molecule has 1 aromatic carbocycles. The van der Waals surface area contributed by atoms with Gasteiger partial charge in [-0.1, -0.05) is 19.1 Å². The second-order valence-electron chi connectivity index (χ2n) is 6.02. The molecule has 1 aromatic heterocycles. The Bertz CT molecular complexity index is 742. The van der Waals surface area contributed by atoms with Crippen LogP contribution in [0.2, 0.25) is 0 Å². The maximum atomic E-state index is 12.6. The summed E-state index contributed by atoms with van der Waals surface area (Å²) in [6.07, 6.45) is 2.94. The van der Waals surface area contributed by atoms with Gasteiger partial charge in [0.05, 0.1) is 17.8 Å². The fourth-order valence-electron chi connectivity index (χ4n) is 3.08. The van der Waals surface area contributed by atoms with Crippen molar-refractivity contribution < 1.29 is 14.7 Å². The topological polar surface area (TPSA) is 113 Å². The lowest BCUT2D eigenvalue weighted by atomic mass is 9.85. The Kier molecular flexibility index (Phi) is 5.03. The van der Waals surface area contributed by atoms with Crippen LogP contribution >= 0.6 is 0 Å². The molecule has 0 saturated heterocycles. The number of carbonyl (C=O) groups is 2. The SMILES string of the molecule is CCN(CC(=O)O)C1CC(NC(=O)c2ccccc2-n2cnnn2)C1. The molecule has 132 valence electrons. The first-order valence-electron chi connectivity index (χ1n) is 8.17. The van der Waals surface area contributed by atoms with E-state index in [0.717, 1.165) is 12.8 Å². The van der Waals surface area contributed by atoms with Crippen LogP contribution in [0.4, 0.5) is 0 Å². The van der Waals surface area contributed by atoms with E-state index in [2.05, 4.69) is 20.8 Å². The van der Waals surface area contributed by atoms with Crippen LogP contribution in [0.1, 0.15) is 30.1 Å². The number of carboxylic acids is 1. The summed E-state index contributed by atoms with van der Waals surface area (Å²) in [7, 11) is 0. The minimum Gasteiger partial charge on any atom is -0.480 e. The number of aliphatic carboxylic acids is 1. The number of rotatable bonds is 7. The van der Waals surface area contributed by atoms with Crippen molar-refractivity contribution in [2.24, 2.45) is 0 Å². The first-order chi connectivity index (χ1) is 12.1. The fourth-order valence-corrected chi connectivity index (χ4v) is 3.08. The lowest BCUT2D eigenvalue weighted by Crippen LogP contribution is -2.54. The summed E-state index contributed by atoms with van der Waals surface area (Å²) in [5.41, 5.74) is 1.11. The second kappa shape index (κ2) is 7.39. The van der Waals surface area contributed by atoms with Crippen molar-refractivity contribution in [1.29, 1.82) is 0 Å². The lowest BCUT2D eigenvalue weighted by Gasteiger charge is -2.42.